The van der Waals surface area contributed by atoms with Crippen molar-refractivity contribution >= 4 is 21.1 Å². The fourth-order valence-corrected chi connectivity index (χ4v) is 3.79. The van der Waals surface area contributed by atoms with Crippen LogP contribution in [0.25, 0.3) is 11.0 Å². The summed E-state index contributed by atoms with van der Waals surface area (Å²) in [7, 11) is -3.59. The summed E-state index contributed by atoms with van der Waals surface area (Å²) in [6, 6.07) is 13.0. The summed E-state index contributed by atoms with van der Waals surface area (Å²) in [6.45, 7) is 3.06. The van der Waals surface area contributed by atoms with Crippen molar-refractivity contribution in [2.75, 3.05) is 0 Å². The Morgan fingerprint density at radius 3 is 2.65 bits per heavy atom. The zero-order valence-corrected chi connectivity index (χ0v) is 13.8. The molecule has 5 nitrogen and oxygen atoms in total. The monoisotopic (exact) mass is 329 g/mol. The number of hydrogen-bond acceptors (Lipinski definition) is 3. The molecule has 3 aromatic rings. The van der Waals surface area contributed by atoms with E-state index in [2.05, 4.69) is 16.6 Å². The predicted molar refractivity (Wildman–Crippen MR) is 90.5 cm³/mol. The third kappa shape index (κ3) is 3.28. The minimum Gasteiger partial charge on any atom is -0.331 e. The van der Waals surface area contributed by atoms with E-state index in [1.165, 1.54) is 0 Å². The summed E-state index contributed by atoms with van der Waals surface area (Å²) in [4.78, 5) is 4.61. The average molecular weight is 329 g/mol. The molecule has 120 valence electrons. The van der Waals surface area contributed by atoms with Crippen molar-refractivity contribution in [1.29, 1.82) is 0 Å². The van der Waals surface area contributed by atoms with Crippen molar-refractivity contribution in [3.63, 3.8) is 0 Å². The van der Waals surface area contributed by atoms with Gasteiger partial charge in [0.05, 0.1) is 0 Å². The summed E-state index contributed by atoms with van der Waals surface area (Å²) < 4.78 is 29.9. The first-order valence-corrected chi connectivity index (χ1v) is 9.07. The van der Waals surface area contributed by atoms with E-state index < -0.39 is 10.0 Å². The fraction of sp³-hybridized carbons (Fsp3) is 0.235. The minimum absolute atomic E-state index is 0.268. The zero-order chi connectivity index (χ0) is 16.3. The lowest BCUT2D eigenvalue weighted by Gasteiger charge is -2.05. The Balaban J connectivity index is 1.95. The van der Waals surface area contributed by atoms with Gasteiger partial charge in [0.15, 0.2) is 0 Å². The number of rotatable bonds is 6. The normalized spacial score (nSPS) is 11.9. The quantitative estimate of drug-likeness (QED) is 0.756. The molecule has 2 aromatic heterocycles. The fourth-order valence-electron chi connectivity index (χ4n) is 2.57. The number of pyridine rings is 1. The number of nitrogens with one attached hydrogen (secondary N) is 1. The first-order valence-electron chi connectivity index (χ1n) is 7.59. The highest BCUT2D eigenvalue weighted by molar-refractivity contribution is 7.89. The number of aryl methyl sites for hydroxylation is 1. The Bertz CT molecular complexity index is 902. The van der Waals surface area contributed by atoms with Crippen molar-refractivity contribution in [3.05, 3.63) is 60.4 Å². The van der Waals surface area contributed by atoms with Gasteiger partial charge in [-0.15, -0.1) is 0 Å². The van der Waals surface area contributed by atoms with Crippen molar-refractivity contribution in [1.82, 2.24) is 14.3 Å². The summed E-state index contributed by atoms with van der Waals surface area (Å²) in [5.41, 5.74) is 1.63. The van der Waals surface area contributed by atoms with Crippen LogP contribution in [0.4, 0.5) is 0 Å². The molecule has 0 aliphatic heterocycles. The maximum absolute atomic E-state index is 12.7. The van der Waals surface area contributed by atoms with Crippen LogP contribution in [0.15, 0.2) is 59.8 Å². The van der Waals surface area contributed by atoms with E-state index in [-0.39, 0.29) is 11.4 Å². The molecule has 0 bridgehead atoms. The lowest BCUT2D eigenvalue weighted by atomic mass is 10.2. The SMILES string of the molecule is CCCn1cc(S(=O)(=O)NCc2ccccc2)c2cccnc21. The molecule has 0 fully saturated rings. The molecule has 0 atom stereocenters. The first-order chi connectivity index (χ1) is 11.1. The summed E-state index contributed by atoms with van der Waals surface area (Å²) in [5, 5.41) is 0.654. The van der Waals surface area contributed by atoms with Crippen LogP contribution < -0.4 is 4.72 Å². The second-order valence-electron chi connectivity index (χ2n) is 5.37. The largest absolute Gasteiger partial charge is 0.331 e. The van der Waals surface area contributed by atoms with Gasteiger partial charge in [-0.3, -0.25) is 0 Å². The van der Waals surface area contributed by atoms with E-state index in [0.717, 1.165) is 18.5 Å². The van der Waals surface area contributed by atoms with Gasteiger partial charge in [-0.2, -0.15) is 0 Å². The molecular formula is C17H19N3O2S. The lowest BCUT2D eigenvalue weighted by Crippen LogP contribution is -2.23. The van der Waals surface area contributed by atoms with Crippen LogP contribution in [-0.4, -0.2) is 18.0 Å². The van der Waals surface area contributed by atoms with E-state index in [9.17, 15) is 8.42 Å². The molecule has 0 aliphatic carbocycles. The smallest absolute Gasteiger partial charge is 0.243 e. The average Bonchev–Trinajstić information content (AvgIpc) is 2.94. The second-order valence-corrected chi connectivity index (χ2v) is 7.11. The Kier molecular flexibility index (Phi) is 4.45. The maximum atomic E-state index is 12.7. The number of benzene rings is 1. The molecule has 1 N–H and O–H groups in total. The van der Waals surface area contributed by atoms with E-state index >= 15 is 0 Å². The van der Waals surface area contributed by atoms with Crippen LogP contribution in [0.1, 0.15) is 18.9 Å². The van der Waals surface area contributed by atoms with Crippen molar-refractivity contribution in [3.8, 4) is 0 Å². The summed E-state index contributed by atoms with van der Waals surface area (Å²) >= 11 is 0. The Morgan fingerprint density at radius 1 is 1.13 bits per heavy atom. The molecule has 0 radical (unpaired) electrons. The standard InChI is InChI=1S/C17H19N3O2S/c1-2-11-20-13-16(15-9-6-10-18-17(15)20)23(21,22)19-12-14-7-4-3-5-8-14/h3-10,13,19H,2,11-12H2,1H3. The zero-order valence-electron chi connectivity index (χ0n) is 12.9. The topological polar surface area (TPSA) is 64.0 Å². The van der Waals surface area contributed by atoms with Gasteiger partial charge in [0, 0.05) is 30.9 Å². The lowest BCUT2D eigenvalue weighted by molar-refractivity contribution is 0.581. The van der Waals surface area contributed by atoms with Gasteiger partial charge in [-0.25, -0.2) is 18.1 Å². The van der Waals surface area contributed by atoms with Gasteiger partial charge < -0.3 is 4.57 Å². The van der Waals surface area contributed by atoms with Crippen LogP contribution >= 0.6 is 0 Å². The van der Waals surface area contributed by atoms with E-state index in [0.29, 0.717) is 11.0 Å². The van der Waals surface area contributed by atoms with Gasteiger partial charge in [-0.1, -0.05) is 37.3 Å². The molecule has 23 heavy (non-hydrogen) atoms. The summed E-state index contributed by atoms with van der Waals surface area (Å²) in [6.07, 6.45) is 4.27. The predicted octanol–water partition coefficient (Wildman–Crippen LogP) is 2.92. The van der Waals surface area contributed by atoms with Gasteiger partial charge >= 0.3 is 0 Å². The molecule has 3 rings (SSSR count). The third-order valence-electron chi connectivity index (χ3n) is 3.66. The number of fused-ring (bicyclic) bond motifs is 1. The van der Waals surface area contributed by atoms with Crippen LogP contribution in [0.3, 0.4) is 0 Å². The molecule has 0 saturated carbocycles. The minimum atomic E-state index is -3.59. The van der Waals surface area contributed by atoms with Crippen LogP contribution in [0.5, 0.6) is 0 Å². The molecule has 6 heteroatoms. The Labute approximate surface area is 136 Å². The number of hydrogen-bond donors (Lipinski definition) is 1. The highest BCUT2D eigenvalue weighted by Gasteiger charge is 2.21. The molecular weight excluding hydrogens is 310 g/mol. The Hall–Kier alpha value is -2.18. The highest BCUT2D eigenvalue weighted by atomic mass is 32.2. The third-order valence-corrected chi connectivity index (χ3v) is 5.09. The number of aromatic nitrogens is 2. The van der Waals surface area contributed by atoms with E-state index in [1.54, 1.807) is 24.5 Å². The molecule has 2 heterocycles. The summed E-state index contributed by atoms with van der Waals surface area (Å²) in [5.74, 6) is 0. The van der Waals surface area contributed by atoms with Crippen molar-refractivity contribution < 1.29 is 8.42 Å². The molecule has 0 aliphatic rings. The molecule has 0 unspecified atom stereocenters. The van der Waals surface area contributed by atoms with E-state index in [4.69, 9.17) is 0 Å². The molecule has 0 saturated heterocycles. The van der Waals surface area contributed by atoms with Gasteiger partial charge in [0.2, 0.25) is 10.0 Å². The van der Waals surface area contributed by atoms with Crippen molar-refractivity contribution in [2.24, 2.45) is 0 Å². The van der Waals surface area contributed by atoms with Crippen LogP contribution in [0.2, 0.25) is 0 Å². The van der Waals surface area contributed by atoms with E-state index in [1.807, 2.05) is 34.9 Å². The number of sulfonamides is 1. The first kappa shape index (κ1) is 15.7. The second kappa shape index (κ2) is 6.52. The van der Waals surface area contributed by atoms with Gasteiger partial charge in [0.1, 0.15) is 10.5 Å². The van der Waals surface area contributed by atoms with Gasteiger partial charge in [0.25, 0.3) is 0 Å². The molecule has 0 spiro atoms. The highest BCUT2D eigenvalue weighted by Crippen LogP contribution is 2.24. The van der Waals surface area contributed by atoms with Crippen LogP contribution in [0, 0.1) is 0 Å². The number of nitrogens with zero attached hydrogens (tertiary/aromatic N) is 2. The maximum Gasteiger partial charge on any atom is 0.243 e. The Morgan fingerprint density at radius 2 is 1.91 bits per heavy atom. The van der Waals surface area contributed by atoms with Gasteiger partial charge in [-0.05, 0) is 24.1 Å². The van der Waals surface area contributed by atoms with Crippen molar-refractivity contribution in [2.45, 2.75) is 31.3 Å². The molecule has 1 aromatic carbocycles. The molecule has 0 amide bonds. The van der Waals surface area contributed by atoms with Crippen LogP contribution in [-0.2, 0) is 23.1 Å².